The van der Waals surface area contributed by atoms with Crippen molar-refractivity contribution < 1.29 is 9.53 Å². The molecule has 0 bridgehead atoms. The number of hydrogen-bond donors (Lipinski definition) is 1. The average molecular weight is 343 g/mol. The zero-order valence-corrected chi connectivity index (χ0v) is 14.8. The fraction of sp³-hybridized carbons (Fsp3) is 0.500. The van der Waals surface area contributed by atoms with E-state index in [2.05, 4.69) is 34.0 Å². The molecule has 1 aliphatic heterocycles. The number of nitrogens with one attached hydrogen (secondary N) is 1. The average Bonchev–Trinajstić information content (AvgIpc) is 3.14. The van der Waals surface area contributed by atoms with E-state index in [1.165, 1.54) is 0 Å². The molecule has 0 aliphatic carbocycles. The highest BCUT2D eigenvalue weighted by atomic mass is 16.5. The van der Waals surface area contributed by atoms with E-state index in [-0.39, 0.29) is 12.0 Å². The Bertz CT molecular complexity index is 669. The predicted octanol–water partition coefficient (Wildman–Crippen LogP) is 1.35. The standard InChI is InChI=1S/C18H25N5O2/c1-14(2)11-22-7-8-25-16(12-22)10-21-18(24)15-3-4-17(20-9-15)23-6-5-19-13-23/h3-6,9,13-14,16H,7-8,10-12H2,1-2H3,(H,21,24). The number of pyridine rings is 1. The number of carbonyl (C=O) groups excluding carboxylic acids is 1. The molecule has 2 aromatic rings. The SMILES string of the molecule is CC(C)CN1CCOC(CNC(=O)c2ccc(-n3ccnc3)nc2)C1. The normalized spacial score (nSPS) is 18.4. The van der Waals surface area contributed by atoms with Gasteiger partial charge in [0.25, 0.3) is 5.91 Å². The molecule has 3 rings (SSSR count). The van der Waals surface area contributed by atoms with Crippen LogP contribution in [0.15, 0.2) is 37.1 Å². The quantitative estimate of drug-likeness (QED) is 0.857. The summed E-state index contributed by atoms with van der Waals surface area (Å²) in [5.74, 6) is 1.23. The molecule has 7 nitrogen and oxygen atoms in total. The molecule has 2 aromatic heterocycles. The Balaban J connectivity index is 1.50. The van der Waals surface area contributed by atoms with E-state index in [0.717, 1.165) is 25.5 Å². The molecule has 1 aliphatic rings. The van der Waals surface area contributed by atoms with Gasteiger partial charge in [-0.3, -0.25) is 14.3 Å². The molecule has 1 saturated heterocycles. The van der Waals surface area contributed by atoms with E-state index >= 15 is 0 Å². The maximum absolute atomic E-state index is 12.3. The summed E-state index contributed by atoms with van der Waals surface area (Å²) in [5.41, 5.74) is 0.540. The molecule has 0 aromatic carbocycles. The van der Waals surface area contributed by atoms with Crippen molar-refractivity contribution in [1.29, 1.82) is 0 Å². The van der Waals surface area contributed by atoms with Crippen molar-refractivity contribution in [3.8, 4) is 5.82 Å². The number of rotatable bonds is 6. The third-order valence-electron chi connectivity index (χ3n) is 4.12. The number of morpholine rings is 1. The first kappa shape index (κ1) is 17.6. The summed E-state index contributed by atoms with van der Waals surface area (Å²) in [5, 5.41) is 2.95. The van der Waals surface area contributed by atoms with Gasteiger partial charge in [-0.1, -0.05) is 13.8 Å². The number of ether oxygens (including phenoxy) is 1. The predicted molar refractivity (Wildman–Crippen MR) is 94.7 cm³/mol. The summed E-state index contributed by atoms with van der Waals surface area (Å²) in [6.45, 7) is 8.54. The fourth-order valence-corrected chi connectivity index (χ4v) is 2.96. The van der Waals surface area contributed by atoms with Crippen LogP contribution in [0.1, 0.15) is 24.2 Å². The Morgan fingerprint density at radius 3 is 3.00 bits per heavy atom. The lowest BCUT2D eigenvalue weighted by Gasteiger charge is -2.33. The maximum atomic E-state index is 12.3. The van der Waals surface area contributed by atoms with Gasteiger partial charge in [-0.2, -0.15) is 0 Å². The molecule has 25 heavy (non-hydrogen) atoms. The van der Waals surface area contributed by atoms with E-state index in [9.17, 15) is 4.79 Å². The van der Waals surface area contributed by atoms with E-state index in [4.69, 9.17) is 4.74 Å². The van der Waals surface area contributed by atoms with Crippen molar-refractivity contribution >= 4 is 5.91 Å². The minimum atomic E-state index is -0.130. The number of imidazole rings is 1. The Morgan fingerprint density at radius 2 is 2.32 bits per heavy atom. The van der Waals surface area contributed by atoms with Gasteiger partial charge in [0.15, 0.2) is 0 Å². The van der Waals surface area contributed by atoms with Crippen LogP contribution in [-0.2, 0) is 4.74 Å². The van der Waals surface area contributed by atoms with Crippen LogP contribution in [-0.4, -0.2) is 64.2 Å². The van der Waals surface area contributed by atoms with Crippen LogP contribution in [0.2, 0.25) is 0 Å². The van der Waals surface area contributed by atoms with E-state index < -0.39 is 0 Å². The van der Waals surface area contributed by atoms with Crippen LogP contribution in [0, 0.1) is 5.92 Å². The summed E-state index contributed by atoms with van der Waals surface area (Å²) in [6.07, 6.45) is 6.79. The summed E-state index contributed by atoms with van der Waals surface area (Å²) >= 11 is 0. The van der Waals surface area contributed by atoms with Crippen molar-refractivity contribution in [2.24, 2.45) is 5.92 Å². The molecule has 134 valence electrons. The van der Waals surface area contributed by atoms with Crippen molar-refractivity contribution in [2.45, 2.75) is 20.0 Å². The summed E-state index contributed by atoms with van der Waals surface area (Å²) in [6, 6.07) is 3.57. The summed E-state index contributed by atoms with van der Waals surface area (Å²) in [4.78, 5) is 23.0. The van der Waals surface area contributed by atoms with Gasteiger partial charge in [-0.15, -0.1) is 0 Å². The minimum absolute atomic E-state index is 0.0367. The number of aromatic nitrogens is 3. The van der Waals surface area contributed by atoms with Gasteiger partial charge in [-0.25, -0.2) is 9.97 Å². The highest BCUT2D eigenvalue weighted by molar-refractivity contribution is 5.93. The Labute approximate surface area is 148 Å². The number of amides is 1. The first-order valence-electron chi connectivity index (χ1n) is 8.68. The van der Waals surface area contributed by atoms with Crippen LogP contribution < -0.4 is 5.32 Å². The second kappa shape index (κ2) is 8.22. The second-order valence-corrected chi connectivity index (χ2v) is 6.73. The molecule has 0 radical (unpaired) electrons. The molecule has 0 saturated carbocycles. The Hall–Kier alpha value is -2.25. The van der Waals surface area contributed by atoms with Crippen LogP contribution in [0.25, 0.3) is 5.82 Å². The van der Waals surface area contributed by atoms with Crippen LogP contribution in [0.4, 0.5) is 0 Å². The minimum Gasteiger partial charge on any atom is -0.374 e. The third-order valence-corrected chi connectivity index (χ3v) is 4.12. The van der Waals surface area contributed by atoms with Crippen LogP contribution >= 0.6 is 0 Å². The second-order valence-electron chi connectivity index (χ2n) is 6.73. The van der Waals surface area contributed by atoms with Crippen molar-refractivity contribution in [1.82, 2.24) is 24.8 Å². The molecular formula is C18H25N5O2. The van der Waals surface area contributed by atoms with Crippen molar-refractivity contribution in [3.05, 3.63) is 42.6 Å². The first-order chi connectivity index (χ1) is 12.1. The third kappa shape index (κ3) is 4.87. The first-order valence-corrected chi connectivity index (χ1v) is 8.68. The number of hydrogen-bond acceptors (Lipinski definition) is 5. The molecule has 3 heterocycles. The lowest BCUT2D eigenvalue weighted by molar-refractivity contribution is -0.0295. The number of nitrogens with zero attached hydrogens (tertiary/aromatic N) is 4. The van der Waals surface area contributed by atoms with E-state index in [1.807, 2.05) is 6.20 Å². The molecule has 1 amide bonds. The van der Waals surface area contributed by atoms with Gasteiger partial charge in [0.05, 0.1) is 18.3 Å². The smallest absolute Gasteiger partial charge is 0.252 e. The summed E-state index contributed by atoms with van der Waals surface area (Å²) < 4.78 is 7.55. The van der Waals surface area contributed by atoms with E-state index in [1.54, 1.807) is 35.4 Å². The fourth-order valence-electron chi connectivity index (χ4n) is 2.96. The molecule has 1 unspecified atom stereocenters. The topological polar surface area (TPSA) is 72.3 Å². The van der Waals surface area contributed by atoms with Gasteiger partial charge in [-0.05, 0) is 18.1 Å². The summed E-state index contributed by atoms with van der Waals surface area (Å²) in [7, 11) is 0. The number of carbonyl (C=O) groups is 1. The Kier molecular flexibility index (Phi) is 5.78. The van der Waals surface area contributed by atoms with Crippen molar-refractivity contribution in [2.75, 3.05) is 32.8 Å². The van der Waals surface area contributed by atoms with Crippen LogP contribution in [0.3, 0.4) is 0 Å². The maximum Gasteiger partial charge on any atom is 0.252 e. The monoisotopic (exact) mass is 343 g/mol. The molecule has 1 fully saturated rings. The molecule has 1 atom stereocenters. The highest BCUT2D eigenvalue weighted by Crippen LogP contribution is 2.08. The van der Waals surface area contributed by atoms with Gasteiger partial charge in [0.1, 0.15) is 12.1 Å². The van der Waals surface area contributed by atoms with Crippen LogP contribution in [0.5, 0.6) is 0 Å². The largest absolute Gasteiger partial charge is 0.374 e. The van der Waals surface area contributed by atoms with Gasteiger partial charge in [0.2, 0.25) is 0 Å². The van der Waals surface area contributed by atoms with Gasteiger partial charge < -0.3 is 10.1 Å². The molecule has 1 N–H and O–H groups in total. The van der Waals surface area contributed by atoms with Crippen molar-refractivity contribution in [3.63, 3.8) is 0 Å². The van der Waals surface area contributed by atoms with E-state index in [0.29, 0.717) is 24.6 Å². The van der Waals surface area contributed by atoms with Gasteiger partial charge >= 0.3 is 0 Å². The zero-order chi connectivity index (χ0) is 17.6. The lowest BCUT2D eigenvalue weighted by atomic mass is 10.1. The zero-order valence-electron chi connectivity index (χ0n) is 14.8. The molecular weight excluding hydrogens is 318 g/mol. The Morgan fingerprint density at radius 1 is 1.44 bits per heavy atom. The highest BCUT2D eigenvalue weighted by Gasteiger charge is 2.21. The molecule has 7 heteroatoms. The van der Waals surface area contributed by atoms with Gasteiger partial charge in [0, 0.05) is 44.8 Å². The lowest BCUT2D eigenvalue weighted by Crippen LogP contribution is -2.48. The molecule has 0 spiro atoms.